The second-order valence-electron chi connectivity index (χ2n) is 6.14. The lowest BCUT2D eigenvalue weighted by Crippen LogP contribution is -2.45. The summed E-state index contributed by atoms with van der Waals surface area (Å²) in [4.78, 5) is 2.36. The van der Waals surface area contributed by atoms with Crippen LogP contribution >= 0.6 is 0 Å². The average molecular weight is 326 g/mol. The van der Waals surface area contributed by atoms with Crippen LogP contribution in [0.2, 0.25) is 0 Å². The highest BCUT2D eigenvalue weighted by Crippen LogP contribution is 2.47. The van der Waals surface area contributed by atoms with E-state index in [2.05, 4.69) is 21.9 Å². The molecule has 2 aliphatic rings. The molecule has 0 aromatic heterocycles. The number of halogens is 2. The van der Waals surface area contributed by atoms with E-state index in [0.717, 1.165) is 57.4 Å². The van der Waals surface area contributed by atoms with Crippen LogP contribution in [0.1, 0.15) is 44.2 Å². The number of hydrogen-bond acceptors (Lipinski definition) is 4. The smallest absolute Gasteiger partial charge is 0.395 e. The van der Waals surface area contributed by atoms with Gasteiger partial charge in [-0.05, 0) is 12.5 Å². The largest absolute Gasteiger partial charge is 0.586 e. The minimum atomic E-state index is -3.56. The number of nitrogens with zero attached hydrogens (tertiary/aromatic N) is 1. The van der Waals surface area contributed by atoms with Crippen LogP contribution in [0, 0.1) is 0 Å². The Kier molecular flexibility index (Phi) is 5.02. The van der Waals surface area contributed by atoms with E-state index in [9.17, 15) is 8.78 Å². The van der Waals surface area contributed by atoms with E-state index in [4.69, 9.17) is 4.74 Å². The molecule has 0 bridgehead atoms. The normalized spacial score (nSPS) is 21.3. The first-order valence-corrected chi connectivity index (χ1v) is 8.44. The fraction of sp³-hybridized carbons (Fsp3) is 0.647. The highest BCUT2D eigenvalue weighted by molar-refractivity contribution is 5.50. The topological polar surface area (TPSA) is 33.7 Å². The van der Waals surface area contributed by atoms with Crippen LogP contribution in [-0.2, 0) is 0 Å². The van der Waals surface area contributed by atoms with E-state index in [0.29, 0.717) is 0 Å². The van der Waals surface area contributed by atoms with Crippen LogP contribution in [0.25, 0.3) is 0 Å². The number of nitrogens with one attached hydrogen (secondary N) is 1. The van der Waals surface area contributed by atoms with Gasteiger partial charge in [0.05, 0.1) is 0 Å². The van der Waals surface area contributed by atoms with Gasteiger partial charge in [-0.3, -0.25) is 4.90 Å². The van der Waals surface area contributed by atoms with Crippen LogP contribution < -0.4 is 14.8 Å². The first-order valence-electron chi connectivity index (χ1n) is 8.44. The predicted molar refractivity (Wildman–Crippen MR) is 84.0 cm³/mol. The SMILES string of the molecule is CCCCC[C@H](c1cccc2c1OC(F)(F)O2)N1CCNCC1. The Morgan fingerprint density at radius 3 is 2.74 bits per heavy atom. The monoisotopic (exact) mass is 326 g/mol. The van der Waals surface area contributed by atoms with Gasteiger partial charge in [-0.1, -0.05) is 38.3 Å². The molecule has 1 fully saturated rings. The lowest BCUT2D eigenvalue weighted by molar-refractivity contribution is -0.287. The third-order valence-electron chi connectivity index (χ3n) is 4.49. The Morgan fingerprint density at radius 2 is 2.00 bits per heavy atom. The number of benzene rings is 1. The maximum atomic E-state index is 13.5. The maximum Gasteiger partial charge on any atom is 0.586 e. The highest BCUT2D eigenvalue weighted by Gasteiger charge is 2.45. The molecular formula is C17H24F2N2O2. The van der Waals surface area contributed by atoms with Gasteiger partial charge >= 0.3 is 6.29 Å². The van der Waals surface area contributed by atoms with E-state index in [1.165, 1.54) is 0 Å². The fourth-order valence-corrected chi connectivity index (χ4v) is 3.37. The molecule has 2 aliphatic heterocycles. The zero-order chi connectivity index (χ0) is 16.3. The summed E-state index contributed by atoms with van der Waals surface area (Å²) in [5.41, 5.74) is 0.817. The van der Waals surface area contributed by atoms with Crippen LogP contribution in [0.4, 0.5) is 8.78 Å². The Morgan fingerprint density at radius 1 is 1.22 bits per heavy atom. The van der Waals surface area contributed by atoms with Gasteiger partial charge in [-0.2, -0.15) is 0 Å². The maximum absolute atomic E-state index is 13.5. The van der Waals surface area contributed by atoms with Gasteiger partial charge in [-0.15, -0.1) is 8.78 Å². The summed E-state index contributed by atoms with van der Waals surface area (Å²) in [6, 6.07) is 5.30. The third kappa shape index (κ3) is 3.75. The number of fused-ring (bicyclic) bond motifs is 1. The van der Waals surface area contributed by atoms with Crippen molar-refractivity contribution in [3.8, 4) is 11.5 Å². The van der Waals surface area contributed by atoms with Crippen molar-refractivity contribution in [3.63, 3.8) is 0 Å². The van der Waals surface area contributed by atoms with E-state index in [1.807, 2.05) is 6.07 Å². The minimum Gasteiger partial charge on any atom is -0.395 e. The van der Waals surface area contributed by atoms with Gasteiger partial charge in [0.15, 0.2) is 11.5 Å². The number of piperazine rings is 1. The minimum absolute atomic E-state index is 0.0936. The standard InChI is InChI=1S/C17H24F2N2O2/c1-2-3-4-7-14(21-11-9-20-10-12-21)13-6-5-8-15-16(13)23-17(18,19)22-15/h5-6,8,14,20H,2-4,7,9-12H2,1H3/t14-/m1/s1. The second-order valence-corrected chi connectivity index (χ2v) is 6.14. The van der Waals surface area contributed by atoms with Crippen molar-refractivity contribution in [2.75, 3.05) is 26.2 Å². The lowest BCUT2D eigenvalue weighted by atomic mass is 9.97. The Bertz CT molecular complexity index is 533. The Hall–Kier alpha value is -1.40. The number of hydrogen-bond donors (Lipinski definition) is 1. The number of alkyl halides is 2. The molecule has 1 aromatic carbocycles. The third-order valence-corrected chi connectivity index (χ3v) is 4.49. The molecule has 0 spiro atoms. The summed E-state index contributed by atoms with van der Waals surface area (Å²) in [6.07, 6.45) is 0.741. The molecule has 1 saturated heterocycles. The molecular weight excluding hydrogens is 302 g/mol. The number of ether oxygens (including phenoxy) is 2. The number of unbranched alkanes of at least 4 members (excludes halogenated alkanes) is 2. The second kappa shape index (κ2) is 7.01. The molecule has 0 aliphatic carbocycles. The molecule has 0 saturated carbocycles. The lowest BCUT2D eigenvalue weighted by Gasteiger charge is -2.35. The van der Waals surface area contributed by atoms with Crippen molar-refractivity contribution in [3.05, 3.63) is 23.8 Å². The zero-order valence-electron chi connectivity index (χ0n) is 13.5. The van der Waals surface area contributed by atoms with Crippen molar-refractivity contribution in [1.82, 2.24) is 10.2 Å². The Balaban J connectivity index is 1.86. The zero-order valence-corrected chi connectivity index (χ0v) is 13.5. The van der Waals surface area contributed by atoms with Crippen LogP contribution in [0.5, 0.6) is 11.5 Å². The molecule has 0 amide bonds. The highest BCUT2D eigenvalue weighted by atomic mass is 19.3. The van der Waals surface area contributed by atoms with E-state index < -0.39 is 6.29 Å². The molecule has 4 nitrogen and oxygen atoms in total. The molecule has 128 valence electrons. The first-order chi connectivity index (χ1) is 11.1. The van der Waals surface area contributed by atoms with Crippen molar-refractivity contribution in [1.29, 1.82) is 0 Å². The molecule has 6 heteroatoms. The molecule has 2 heterocycles. The number of rotatable bonds is 6. The number of para-hydroxylation sites is 1. The summed E-state index contributed by atoms with van der Waals surface area (Å²) in [7, 11) is 0. The van der Waals surface area contributed by atoms with Crippen LogP contribution in [0.15, 0.2) is 18.2 Å². The van der Waals surface area contributed by atoms with Gasteiger partial charge in [0.1, 0.15) is 0 Å². The quantitative estimate of drug-likeness (QED) is 0.811. The van der Waals surface area contributed by atoms with E-state index in [1.54, 1.807) is 12.1 Å². The van der Waals surface area contributed by atoms with E-state index >= 15 is 0 Å². The molecule has 23 heavy (non-hydrogen) atoms. The average Bonchev–Trinajstić information content (AvgIpc) is 2.86. The molecule has 0 radical (unpaired) electrons. The van der Waals surface area contributed by atoms with Crippen molar-refractivity contribution in [2.24, 2.45) is 0 Å². The Labute approximate surface area is 135 Å². The molecule has 1 N–H and O–H groups in total. The first kappa shape index (κ1) is 16.5. The van der Waals surface area contributed by atoms with Gasteiger partial charge in [0.25, 0.3) is 0 Å². The molecule has 1 aromatic rings. The van der Waals surface area contributed by atoms with Crippen LogP contribution in [-0.4, -0.2) is 37.4 Å². The van der Waals surface area contributed by atoms with Gasteiger partial charge in [0.2, 0.25) is 0 Å². The predicted octanol–water partition coefficient (Wildman–Crippen LogP) is 3.53. The van der Waals surface area contributed by atoms with Gasteiger partial charge in [-0.25, -0.2) is 0 Å². The van der Waals surface area contributed by atoms with Crippen molar-refractivity contribution in [2.45, 2.75) is 44.9 Å². The van der Waals surface area contributed by atoms with Gasteiger partial charge in [0, 0.05) is 37.8 Å². The summed E-state index contributed by atoms with van der Waals surface area (Å²) in [5.74, 6) is 0.348. The molecule has 1 atom stereocenters. The molecule has 0 unspecified atom stereocenters. The van der Waals surface area contributed by atoms with E-state index in [-0.39, 0.29) is 17.5 Å². The van der Waals surface area contributed by atoms with Crippen molar-refractivity contribution < 1.29 is 18.3 Å². The van der Waals surface area contributed by atoms with Crippen molar-refractivity contribution >= 4 is 0 Å². The fourth-order valence-electron chi connectivity index (χ4n) is 3.37. The molecule has 3 rings (SSSR count). The van der Waals surface area contributed by atoms with Crippen LogP contribution in [0.3, 0.4) is 0 Å². The summed E-state index contributed by atoms with van der Waals surface area (Å²) in [5, 5.41) is 3.34. The summed E-state index contributed by atoms with van der Waals surface area (Å²) in [6.45, 7) is 5.84. The summed E-state index contributed by atoms with van der Waals surface area (Å²) < 4.78 is 36.3. The summed E-state index contributed by atoms with van der Waals surface area (Å²) >= 11 is 0. The van der Waals surface area contributed by atoms with Gasteiger partial charge < -0.3 is 14.8 Å².